The average Bonchev–Trinajstić information content (AvgIpc) is 2.92. The highest BCUT2D eigenvalue weighted by atomic mass is 16.5. The fraction of sp³-hybridized carbons (Fsp3) is 0.333. The van der Waals surface area contributed by atoms with Gasteiger partial charge in [0.05, 0.1) is 30.9 Å². The van der Waals surface area contributed by atoms with Crippen LogP contribution in [-0.2, 0) is 12.5 Å². The lowest BCUT2D eigenvalue weighted by Crippen LogP contribution is -2.38. The molecule has 2 unspecified atom stereocenters. The van der Waals surface area contributed by atoms with E-state index in [1.165, 1.54) is 0 Å². The maximum atomic E-state index is 10.8. The van der Waals surface area contributed by atoms with Crippen LogP contribution in [-0.4, -0.2) is 21.3 Å². The predicted molar refractivity (Wildman–Crippen MR) is 72.0 cm³/mol. The van der Waals surface area contributed by atoms with Gasteiger partial charge >= 0.3 is 0 Å². The molecule has 0 bridgehead atoms. The van der Waals surface area contributed by atoms with Crippen molar-refractivity contribution in [3.63, 3.8) is 0 Å². The van der Waals surface area contributed by atoms with Crippen molar-refractivity contribution in [3.05, 3.63) is 48.0 Å². The smallest absolute Gasteiger partial charge is 0.124 e. The summed E-state index contributed by atoms with van der Waals surface area (Å²) in [6.45, 7) is 0.416. The van der Waals surface area contributed by atoms with E-state index < -0.39 is 11.5 Å². The molecule has 1 aromatic heterocycles. The molecule has 0 amide bonds. The SMILES string of the molecule is Cn1cncc1C(O)C1(C#N)CCOc2ccccc21. The number of aliphatic hydroxyl groups is 1. The summed E-state index contributed by atoms with van der Waals surface area (Å²) in [7, 11) is 1.81. The maximum absolute atomic E-state index is 10.8. The monoisotopic (exact) mass is 269 g/mol. The first-order chi connectivity index (χ1) is 9.69. The first kappa shape index (κ1) is 12.7. The van der Waals surface area contributed by atoms with Gasteiger partial charge < -0.3 is 14.4 Å². The van der Waals surface area contributed by atoms with Crippen molar-refractivity contribution in [2.75, 3.05) is 6.61 Å². The summed E-state index contributed by atoms with van der Waals surface area (Å²) >= 11 is 0. The molecule has 2 atom stereocenters. The molecule has 0 aliphatic carbocycles. The van der Waals surface area contributed by atoms with Crippen LogP contribution >= 0.6 is 0 Å². The molecule has 2 heterocycles. The third-order valence-electron chi connectivity index (χ3n) is 3.92. The van der Waals surface area contributed by atoms with Gasteiger partial charge in [-0.3, -0.25) is 0 Å². The number of hydrogen-bond acceptors (Lipinski definition) is 4. The number of hydrogen-bond donors (Lipinski definition) is 1. The zero-order valence-corrected chi connectivity index (χ0v) is 11.2. The molecule has 1 aromatic carbocycles. The predicted octanol–water partition coefficient (Wildman–Crippen LogP) is 1.70. The van der Waals surface area contributed by atoms with Crippen LogP contribution in [0.1, 0.15) is 23.8 Å². The molecule has 0 saturated carbocycles. The molecule has 3 rings (SSSR count). The molecule has 0 saturated heterocycles. The summed E-state index contributed by atoms with van der Waals surface area (Å²) in [5.74, 6) is 0.668. The fourth-order valence-corrected chi connectivity index (χ4v) is 2.76. The molecule has 0 radical (unpaired) electrons. The van der Waals surface area contributed by atoms with E-state index in [1.54, 1.807) is 17.1 Å². The van der Waals surface area contributed by atoms with Crippen molar-refractivity contribution in [3.8, 4) is 11.8 Å². The second-order valence-electron chi connectivity index (χ2n) is 5.01. The van der Waals surface area contributed by atoms with Crippen molar-refractivity contribution in [1.29, 1.82) is 5.26 Å². The number of aliphatic hydroxyl groups excluding tert-OH is 1. The molecule has 1 N–H and O–H groups in total. The summed E-state index contributed by atoms with van der Waals surface area (Å²) in [6, 6.07) is 9.71. The standard InChI is InChI=1S/C15H15N3O2/c1-18-10-17-8-12(18)14(19)15(9-16)6-7-20-13-5-3-2-4-11(13)15/h2-5,8,10,14,19H,6-7H2,1H3. The Morgan fingerprint density at radius 2 is 2.30 bits per heavy atom. The van der Waals surface area contributed by atoms with Crippen LogP contribution in [0.4, 0.5) is 0 Å². The Balaban J connectivity index is 2.15. The van der Waals surface area contributed by atoms with Crippen LogP contribution < -0.4 is 4.74 Å². The van der Waals surface area contributed by atoms with E-state index >= 15 is 0 Å². The summed E-state index contributed by atoms with van der Waals surface area (Å²) in [4.78, 5) is 4.02. The number of benzene rings is 1. The lowest BCUT2D eigenvalue weighted by Gasteiger charge is -2.36. The maximum Gasteiger partial charge on any atom is 0.124 e. The summed E-state index contributed by atoms with van der Waals surface area (Å²) in [6.07, 6.45) is 2.73. The Labute approximate surface area is 117 Å². The van der Waals surface area contributed by atoms with E-state index in [9.17, 15) is 10.4 Å². The number of nitriles is 1. The van der Waals surface area contributed by atoms with Crippen LogP contribution in [0.15, 0.2) is 36.8 Å². The van der Waals surface area contributed by atoms with Gasteiger partial charge in [-0.2, -0.15) is 5.26 Å². The van der Waals surface area contributed by atoms with Crippen molar-refractivity contribution >= 4 is 0 Å². The Bertz CT molecular complexity index is 674. The van der Waals surface area contributed by atoms with E-state index in [1.807, 2.05) is 31.3 Å². The van der Waals surface area contributed by atoms with Crippen molar-refractivity contribution in [2.24, 2.45) is 7.05 Å². The van der Waals surface area contributed by atoms with Gasteiger partial charge in [0.15, 0.2) is 0 Å². The molecular formula is C15H15N3O2. The lowest BCUT2D eigenvalue weighted by molar-refractivity contribution is 0.0750. The number of fused-ring (bicyclic) bond motifs is 1. The largest absolute Gasteiger partial charge is 0.493 e. The first-order valence-electron chi connectivity index (χ1n) is 6.47. The van der Waals surface area contributed by atoms with Crippen LogP contribution in [0.2, 0.25) is 0 Å². The Hall–Kier alpha value is -2.32. The zero-order chi connectivity index (χ0) is 14.2. The number of nitrogens with zero attached hydrogens (tertiary/aromatic N) is 3. The molecular weight excluding hydrogens is 254 g/mol. The van der Waals surface area contributed by atoms with Gasteiger partial charge in [-0.05, 0) is 6.07 Å². The number of rotatable bonds is 2. The molecule has 0 fully saturated rings. The highest BCUT2D eigenvalue weighted by Crippen LogP contribution is 2.46. The van der Waals surface area contributed by atoms with Gasteiger partial charge in [0.1, 0.15) is 17.3 Å². The lowest BCUT2D eigenvalue weighted by atomic mass is 9.72. The summed E-state index contributed by atoms with van der Waals surface area (Å²) < 4.78 is 7.33. The number of para-hydroxylation sites is 1. The van der Waals surface area contributed by atoms with Crippen LogP contribution in [0.5, 0.6) is 5.75 Å². The minimum absolute atomic E-state index is 0.416. The number of ether oxygens (including phenoxy) is 1. The van der Waals surface area contributed by atoms with Crippen LogP contribution in [0.3, 0.4) is 0 Å². The molecule has 20 heavy (non-hydrogen) atoms. The molecule has 0 spiro atoms. The van der Waals surface area contributed by atoms with E-state index in [0.717, 1.165) is 5.56 Å². The van der Waals surface area contributed by atoms with Crippen molar-refractivity contribution < 1.29 is 9.84 Å². The molecule has 5 nitrogen and oxygen atoms in total. The second-order valence-corrected chi connectivity index (χ2v) is 5.01. The Morgan fingerprint density at radius 1 is 1.50 bits per heavy atom. The van der Waals surface area contributed by atoms with Gasteiger partial charge in [-0.15, -0.1) is 0 Å². The average molecular weight is 269 g/mol. The van der Waals surface area contributed by atoms with E-state index in [0.29, 0.717) is 24.5 Å². The minimum Gasteiger partial charge on any atom is -0.493 e. The molecule has 1 aliphatic heterocycles. The normalized spacial score (nSPS) is 22.4. The minimum atomic E-state index is -0.997. The van der Waals surface area contributed by atoms with E-state index in [2.05, 4.69) is 11.1 Å². The molecule has 2 aromatic rings. The van der Waals surface area contributed by atoms with Crippen molar-refractivity contribution in [1.82, 2.24) is 9.55 Å². The molecule has 5 heteroatoms. The first-order valence-corrected chi connectivity index (χ1v) is 6.47. The molecule has 1 aliphatic rings. The topological polar surface area (TPSA) is 71.1 Å². The van der Waals surface area contributed by atoms with Crippen LogP contribution in [0, 0.1) is 11.3 Å². The Morgan fingerprint density at radius 3 is 3.00 bits per heavy atom. The Kier molecular flexibility index (Phi) is 2.96. The van der Waals surface area contributed by atoms with E-state index in [4.69, 9.17) is 4.74 Å². The van der Waals surface area contributed by atoms with Gasteiger partial charge in [0.2, 0.25) is 0 Å². The summed E-state index contributed by atoms with van der Waals surface area (Å²) in [5.41, 5.74) is 0.369. The van der Waals surface area contributed by atoms with Gasteiger partial charge in [0, 0.05) is 19.0 Å². The second kappa shape index (κ2) is 4.66. The highest BCUT2D eigenvalue weighted by Gasteiger charge is 2.46. The summed E-state index contributed by atoms with van der Waals surface area (Å²) in [5, 5.41) is 20.5. The molecule has 102 valence electrons. The highest BCUT2D eigenvalue weighted by molar-refractivity contribution is 5.47. The third kappa shape index (κ3) is 1.69. The number of aryl methyl sites for hydroxylation is 1. The van der Waals surface area contributed by atoms with Crippen molar-refractivity contribution in [2.45, 2.75) is 17.9 Å². The van der Waals surface area contributed by atoms with Gasteiger partial charge in [-0.25, -0.2) is 4.98 Å². The number of imidazole rings is 1. The quantitative estimate of drug-likeness (QED) is 0.900. The van der Waals surface area contributed by atoms with Gasteiger partial charge in [0.25, 0.3) is 0 Å². The van der Waals surface area contributed by atoms with E-state index in [-0.39, 0.29) is 0 Å². The fourth-order valence-electron chi connectivity index (χ4n) is 2.76. The third-order valence-corrected chi connectivity index (χ3v) is 3.92. The number of aromatic nitrogens is 2. The van der Waals surface area contributed by atoms with Gasteiger partial charge in [-0.1, -0.05) is 18.2 Å². The zero-order valence-electron chi connectivity index (χ0n) is 11.2. The van der Waals surface area contributed by atoms with Crippen LogP contribution in [0.25, 0.3) is 0 Å².